The molecule has 3 rings (SSSR count). The van der Waals surface area contributed by atoms with Gasteiger partial charge in [0, 0.05) is 16.5 Å². The van der Waals surface area contributed by atoms with E-state index in [1.807, 2.05) is 12.3 Å². The summed E-state index contributed by atoms with van der Waals surface area (Å²) in [5, 5.41) is 5.42. The van der Waals surface area contributed by atoms with E-state index in [0.717, 1.165) is 15.7 Å². The van der Waals surface area contributed by atoms with Crippen LogP contribution in [0.3, 0.4) is 0 Å². The predicted molar refractivity (Wildman–Crippen MR) is 94.7 cm³/mol. The number of hydrogen-bond donors (Lipinski definition) is 1. The van der Waals surface area contributed by atoms with Gasteiger partial charge in [0.2, 0.25) is 0 Å². The van der Waals surface area contributed by atoms with Gasteiger partial charge >= 0.3 is 5.97 Å². The number of aromatic nitrogens is 3. The highest BCUT2D eigenvalue weighted by Gasteiger charge is 2.17. The number of nitrogens with one attached hydrogen (secondary N) is 1. The lowest BCUT2D eigenvalue weighted by Crippen LogP contribution is -2.16. The number of hydrogen-bond acceptors (Lipinski definition) is 7. The van der Waals surface area contributed by atoms with Crippen molar-refractivity contribution in [3.63, 3.8) is 0 Å². The van der Waals surface area contributed by atoms with Gasteiger partial charge < -0.3 is 9.72 Å². The number of aryl methyl sites for hydroxylation is 2. The lowest BCUT2D eigenvalue weighted by Gasteiger charge is -2.06. The molecule has 0 radical (unpaired) electrons. The van der Waals surface area contributed by atoms with Gasteiger partial charge in [0.25, 0.3) is 5.56 Å². The van der Waals surface area contributed by atoms with Crippen LogP contribution in [0.2, 0.25) is 0 Å². The van der Waals surface area contributed by atoms with Crippen LogP contribution in [-0.2, 0) is 4.74 Å². The van der Waals surface area contributed by atoms with Crippen LogP contribution in [0.1, 0.15) is 28.0 Å². The third kappa shape index (κ3) is 3.15. The van der Waals surface area contributed by atoms with E-state index >= 15 is 0 Å². The molecule has 8 heteroatoms. The summed E-state index contributed by atoms with van der Waals surface area (Å²) in [6.07, 6.45) is 0. The number of H-pyrrole nitrogens is 1. The Morgan fingerprint density at radius 3 is 2.62 bits per heavy atom. The zero-order valence-corrected chi connectivity index (χ0v) is 15.0. The van der Waals surface area contributed by atoms with Gasteiger partial charge in [0.15, 0.2) is 0 Å². The van der Waals surface area contributed by atoms with Crippen molar-refractivity contribution in [2.75, 3.05) is 6.61 Å². The maximum Gasteiger partial charge on any atom is 0.339 e. The monoisotopic (exact) mass is 361 g/mol. The third-order valence-electron chi connectivity index (χ3n) is 3.35. The fourth-order valence-electron chi connectivity index (χ4n) is 2.21. The molecule has 124 valence electrons. The lowest BCUT2D eigenvalue weighted by atomic mass is 10.1. The van der Waals surface area contributed by atoms with E-state index in [2.05, 4.69) is 15.0 Å². The highest BCUT2D eigenvalue weighted by atomic mass is 32.1. The number of carbonyl (C=O) groups is 1. The van der Waals surface area contributed by atoms with Gasteiger partial charge in [0.1, 0.15) is 10.7 Å². The molecule has 0 spiro atoms. The van der Waals surface area contributed by atoms with Crippen LogP contribution in [0.15, 0.2) is 21.6 Å². The SMILES string of the molecule is CCOC(=O)c1cc(-c2csc(-c3csc(C)n3)n2)c(=O)[nH]c1C. The second-order valence-corrected chi connectivity index (χ2v) is 6.98. The molecule has 3 heterocycles. The molecule has 24 heavy (non-hydrogen) atoms. The first-order chi connectivity index (χ1) is 11.5. The van der Waals surface area contributed by atoms with Gasteiger partial charge in [-0.25, -0.2) is 14.8 Å². The van der Waals surface area contributed by atoms with Gasteiger partial charge in [-0.3, -0.25) is 4.79 Å². The maximum absolute atomic E-state index is 12.3. The van der Waals surface area contributed by atoms with Crippen molar-refractivity contribution in [2.45, 2.75) is 20.8 Å². The van der Waals surface area contributed by atoms with E-state index in [9.17, 15) is 9.59 Å². The second kappa shape index (κ2) is 6.66. The molecule has 0 unspecified atom stereocenters. The third-order valence-corrected chi connectivity index (χ3v) is 4.99. The minimum absolute atomic E-state index is 0.275. The lowest BCUT2D eigenvalue weighted by molar-refractivity contribution is 0.0525. The molecular weight excluding hydrogens is 346 g/mol. The normalized spacial score (nSPS) is 10.8. The first-order valence-corrected chi connectivity index (χ1v) is 9.05. The van der Waals surface area contributed by atoms with Crippen LogP contribution in [0.4, 0.5) is 0 Å². The predicted octanol–water partition coefficient (Wildman–Crippen LogP) is 3.42. The molecular formula is C16H15N3O3S2. The van der Waals surface area contributed by atoms with E-state index in [4.69, 9.17) is 4.74 Å². The molecule has 1 N–H and O–H groups in total. The molecule has 6 nitrogen and oxygen atoms in total. The summed E-state index contributed by atoms with van der Waals surface area (Å²) < 4.78 is 5.03. The van der Waals surface area contributed by atoms with E-state index in [-0.39, 0.29) is 12.2 Å². The average molecular weight is 361 g/mol. The standard InChI is InChI=1S/C16H15N3O3S2/c1-4-22-16(21)10-5-11(14(20)17-8(10)2)12-6-24-15(19-12)13-7-23-9(3)18-13/h5-7H,4H2,1-3H3,(H,17,20). The van der Waals surface area contributed by atoms with Crippen molar-refractivity contribution >= 4 is 28.6 Å². The topological polar surface area (TPSA) is 84.9 Å². The number of nitrogens with zero attached hydrogens (tertiary/aromatic N) is 2. The van der Waals surface area contributed by atoms with Gasteiger partial charge in [-0.05, 0) is 26.8 Å². The number of aromatic amines is 1. The van der Waals surface area contributed by atoms with Crippen molar-refractivity contribution < 1.29 is 9.53 Å². The summed E-state index contributed by atoms with van der Waals surface area (Å²) in [7, 11) is 0. The van der Waals surface area contributed by atoms with E-state index in [0.29, 0.717) is 22.5 Å². The molecule has 0 saturated heterocycles. The minimum atomic E-state index is -0.460. The summed E-state index contributed by atoms with van der Waals surface area (Å²) in [5.74, 6) is -0.460. The number of carbonyl (C=O) groups excluding carboxylic acids is 1. The summed E-state index contributed by atoms with van der Waals surface area (Å²) in [6.45, 7) is 5.61. The fraction of sp³-hybridized carbons (Fsp3) is 0.250. The molecule has 0 bridgehead atoms. The number of pyridine rings is 1. The van der Waals surface area contributed by atoms with Gasteiger partial charge in [-0.1, -0.05) is 0 Å². The summed E-state index contributed by atoms with van der Waals surface area (Å²) >= 11 is 2.96. The second-order valence-electron chi connectivity index (χ2n) is 5.06. The minimum Gasteiger partial charge on any atom is -0.462 e. The molecule has 3 aromatic rings. The Hall–Kier alpha value is -2.32. The van der Waals surface area contributed by atoms with Crippen molar-refractivity contribution in [1.29, 1.82) is 0 Å². The van der Waals surface area contributed by atoms with E-state index in [1.54, 1.807) is 30.6 Å². The van der Waals surface area contributed by atoms with Crippen molar-refractivity contribution in [3.05, 3.63) is 43.4 Å². The summed E-state index contributed by atoms with van der Waals surface area (Å²) in [5.41, 5.74) is 2.19. The number of rotatable bonds is 4. The van der Waals surface area contributed by atoms with Crippen LogP contribution in [-0.4, -0.2) is 27.5 Å². The van der Waals surface area contributed by atoms with Crippen LogP contribution >= 0.6 is 22.7 Å². The van der Waals surface area contributed by atoms with Gasteiger partial charge in [0.05, 0.1) is 28.4 Å². The molecule has 0 atom stereocenters. The largest absolute Gasteiger partial charge is 0.462 e. The zero-order chi connectivity index (χ0) is 17.3. The zero-order valence-electron chi connectivity index (χ0n) is 13.4. The average Bonchev–Trinajstić information content (AvgIpc) is 3.16. The first-order valence-electron chi connectivity index (χ1n) is 7.29. The quantitative estimate of drug-likeness (QED) is 0.720. The summed E-state index contributed by atoms with van der Waals surface area (Å²) in [4.78, 5) is 35.9. The molecule has 3 aromatic heterocycles. The molecule has 0 aliphatic heterocycles. The van der Waals surface area contributed by atoms with E-state index < -0.39 is 5.97 Å². The Morgan fingerprint density at radius 1 is 1.21 bits per heavy atom. The molecule has 0 amide bonds. The maximum atomic E-state index is 12.3. The number of ether oxygens (including phenoxy) is 1. The van der Waals surface area contributed by atoms with Crippen LogP contribution < -0.4 is 5.56 Å². The van der Waals surface area contributed by atoms with Crippen LogP contribution in [0.25, 0.3) is 22.0 Å². The van der Waals surface area contributed by atoms with Crippen LogP contribution in [0.5, 0.6) is 0 Å². The molecule has 0 aliphatic rings. The molecule has 0 fully saturated rings. The van der Waals surface area contributed by atoms with Crippen molar-refractivity contribution in [2.24, 2.45) is 0 Å². The first kappa shape index (κ1) is 16.5. The number of esters is 1. The Morgan fingerprint density at radius 2 is 1.96 bits per heavy atom. The van der Waals surface area contributed by atoms with Gasteiger partial charge in [-0.15, -0.1) is 22.7 Å². The molecule has 0 aliphatic carbocycles. The van der Waals surface area contributed by atoms with Crippen molar-refractivity contribution in [1.82, 2.24) is 15.0 Å². The fourth-order valence-corrected chi connectivity index (χ4v) is 3.66. The Balaban J connectivity index is 2.03. The highest BCUT2D eigenvalue weighted by Crippen LogP contribution is 2.28. The Labute approximate surface area is 146 Å². The Bertz CT molecular complexity index is 956. The van der Waals surface area contributed by atoms with E-state index in [1.165, 1.54) is 17.4 Å². The molecule has 0 saturated carbocycles. The molecule has 0 aromatic carbocycles. The summed E-state index contributed by atoms with van der Waals surface area (Å²) in [6, 6.07) is 1.54. The van der Waals surface area contributed by atoms with Gasteiger partial charge in [-0.2, -0.15) is 0 Å². The highest BCUT2D eigenvalue weighted by molar-refractivity contribution is 7.14. The van der Waals surface area contributed by atoms with Crippen LogP contribution in [0, 0.1) is 13.8 Å². The smallest absolute Gasteiger partial charge is 0.339 e. The number of thiazole rings is 2. The Kier molecular flexibility index (Phi) is 4.59. The van der Waals surface area contributed by atoms with Crippen molar-refractivity contribution in [3.8, 4) is 22.0 Å².